The van der Waals surface area contributed by atoms with E-state index in [0.717, 1.165) is 50.3 Å². The van der Waals surface area contributed by atoms with E-state index in [-0.39, 0.29) is 19.8 Å². The van der Waals surface area contributed by atoms with Crippen LogP contribution in [0.1, 0.15) is 50.1 Å². The van der Waals surface area contributed by atoms with Gasteiger partial charge in [0.2, 0.25) is 5.79 Å². The van der Waals surface area contributed by atoms with Crippen LogP contribution in [0.3, 0.4) is 0 Å². The van der Waals surface area contributed by atoms with Crippen LogP contribution in [0.5, 0.6) is 5.75 Å². The van der Waals surface area contributed by atoms with Gasteiger partial charge in [-0.1, -0.05) is 176 Å². The average Bonchev–Trinajstić information content (AvgIpc) is 3.32. The van der Waals surface area contributed by atoms with E-state index in [1.54, 1.807) is 0 Å². The quantitative estimate of drug-likeness (QED) is 0.0870. The number of aryl methyl sites for hydroxylation is 1. The molecule has 7 aromatic carbocycles. The van der Waals surface area contributed by atoms with Crippen molar-refractivity contribution in [3.63, 3.8) is 0 Å². The normalized spacial score (nSPS) is 19.8. The molecule has 8 rings (SSSR count). The summed E-state index contributed by atoms with van der Waals surface area (Å²) in [5, 5.41) is 13.4. The summed E-state index contributed by atoms with van der Waals surface area (Å²) >= 11 is 0. The van der Waals surface area contributed by atoms with E-state index in [9.17, 15) is 5.11 Å². The molecule has 1 heterocycles. The molecule has 0 aliphatic carbocycles. The van der Waals surface area contributed by atoms with Crippen LogP contribution in [0.2, 0.25) is 0 Å². The zero-order valence-corrected chi connectivity index (χ0v) is 35.1. The van der Waals surface area contributed by atoms with Gasteiger partial charge in [0.15, 0.2) is 0 Å². The largest absolute Gasteiger partial charge is 0.489 e. The van der Waals surface area contributed by atoms with Crippen molar-refractivity contribution in [2.75, 3.05) is 6.61 Å². The van der Waals surface area contributed by atoms with Crippen LogP contribution in [0.25, 0.3) is 0 Å². The van der Waals surface area contributed by atoms with Gasteiger partial charge in [-0.2, -0.15) is 0 Å². The maximum atomic E-state index is 13.4. The van der Waals surface area contributed by atoms with E-state index in [1.165, 1.54) is 0 Å². The third kappa shape index (κ3) is 11.3. The van der Waals surface area contributed by atoms with Gasteiger partial charge in [0, 0.05) is 5.56 Å². The fraction of sp³-hybridized carbons (Fsp3) is 0.236. The molecule has 5 unspecified atom stereocenters. The van der Waals surface area contributed by atoms with Crippen LogP contribution in [0.4, 0.5) is 0 Å². The molecule has 0 aromatic heterocycles. The fourth-order valence-electron chi connectivity index (χ4n) is 7.83. The van der Waals surface area contributed by atoms with Gasteiger partial charge in [0.1, 0.15) is 36.8 Å². The Balaban J connectivity index is 1.13. The van der Waals surface area contributed by atoms with Crippen molar-refractivity contribution in [2.24, 2.45) is 0 Å². The molecule has 1 N–H and O–H groups in total. The van der Waals surface area contributed by atoms with Gasteiger partial charge in [-0.25, -0.2) is 0 Å². The SMILES string of the molecule is Cc1ccc(C2(O)OC(COCc3ccccc3)C(OCc3ccccc3)C(OCc3ccccc3)C2OCc2ccccc2)cc1Cc1ccc(OCc2ccccc2)cc1. The minimum absolute atomic E-state index is 0.130. The number of hydrogen-bond acceptors (Lipinski definition) is 7. The molecule has 7 nitrogen and oxygen atoms in total. The number of aliphatic hydroxyl groups is 1. The second kappa shape index (κ2) is 21.3. The van der Waals surface area contributed by atoms with Gasteiger partial charge >= 0.3 is 0 Å². The molecule has 0 amide bonds. The number of rotatable bonds is 19. The molecule has 5 atom stereocenters. The monoisotopic (exact) mass is 826 g/mol. The molecule has 0 radical (unpaired) electrons. The van der Waals surface area contributed by atoms with Crippen LogP contribution < -0.4 is 4.74 Å². The van der Waals surface area contributed by atoms with Gasteiger partial charge in [0.25, 0.3) is 0 Å². The zero-order chi connectivity index (χ0) is 42.4. The Hall–Kier alpha value is -5.90. The van der Waals surface area contributed by atoms with Crippen molar-refractivity contribution in [2.45, 2.75) is 76.6 Å². The van der Waals surface area contributed by atoms with Gasteiger partial charge in [-0.15, -0.1) is 0 Å². The maximum Gasteiger partial charge on any atom is 0.222 e. The van der Waals surface area contributed by atoms with Crippen molar-refractivity contribution < 1.29 is 33.5 Å². The molecule has 7 aromatic rings. The lowest BCUT2D eigenvalue weighted by Gasteiger charge is -2.50. The Kier molecular flexibility index (Phi) is 14.7. The molecule has 1 aliphatic rings. The summed E-state index contributed by atoms with van der Waals surface area (Å²) in [6, 6.07) is 64.4. The predicted molar refractivity (Wildman–Crippen MR) is 241 cm³/mol. The lowest BCUT2D eigenvalue weighted by atomic mass is 9.85. The first-order chi connectivity index (χ1) is 30.5. The summed E-state index contributed by atoms with van der Waals surface area (Å²) in [7, 11) is 0. The molecule has 1 fully saturated rings. The lowest BCUT2D eigenvalue weighted by molar-refractivity contribution is -0.378. The topological polar surface area (TPSA) is 75.6 Å². The highest BCUT2D eigenvalue weighted by Crippen LogP contribution is 2.42. The van der Waals surface area contributed by atoms with Crippen LogP contribution in [0, 0.1) is 6.92 Å². The molecule has 1 saturated heterocycles. The van der Waals surface area contributed by atoms with Crippen molar-refractivity contribution in [3.05, 3.63) is 244 Å². The van der Waals surface area contributed by atoms with E-state index < -0.39 is 30.2 Å². The highest BCUT2D eigenvalue weighted by Gasteiger charge is 2.57. The smallest absolute Gasteiger partial charge is 0.222 e. The minimum atomic E-state index is -1.97. The second-order valence-corrected chi connectivity index (χ2v) is 15.8. The maximum absolute atomic E-state index is 13.4. The van der Waals surface area contributed by atoms with Crippen molar-refractivity contribution in [1.82, 2.24) is 0 Å². The molecular weight excluding hydrogens is 773 g/mol. The van der Waals surface area contributed by atoms with Gasteiger partial charge in [-0.3, -0.25) is 0 Å². The number of benzene rings is 7. The Morgan fingerprint density at radius 1 is 0.484 bits per heavy atom. The first-order valence-corrected chi connectivity index (χ1v) is 21.3. The van der Waals surface area contributed by atoms with E-state index in [4.69, 9.17) is 28.4 Å². The van der Waals surface area contributed by atoms with Crippen LogP contribution in [0.15, 0.2) is 194 Å². The Morgan fingerprint density at radius 3 is 1.48 bits per heavy atom. The van der Waals surface area contributed by atoms with E-state index in [2.05, 4.69) is 31.2 Å². The minimum Gasteiger partial charge on any atom is -0.489 e. The summed E-state index contributed by atoms with van der Waals surface area (Å²) in [6.45, 7) is 3.85. The fourth-order valence-corrected chi connectivity index (χ4v) is 7.83. The molecule has 62 heavy (non-hydrogen) atoms. The van der Waals surface area contributed by atoms with Crippen LogP contribution in [-0.4, -0.2) is 36.1 Å². The molecule has 1 aliphatic heterocycles. The van der Waals surface area contributed by atoms with Gasteiger partial charge in [0.05, 0.1) is 33.0 Å². The number of hydrogen-bond donors (Lipinski definition) is 1. The van der Waals surface area contributed by atoms with Crippen molar-refractivity contribution >= 4 is 0 Å². The second-order valence-electron chi connectivity index (χ2n) is 15.8. The number of ether oxygens (including phenoxy) is 6. The Morgan fingerprint density at radius 2 is 0.952 bits per heavy atom. The third-order valence-electron chi connectivity index (χ3n) is 11.3. The van der Waals surface area contributed by atoms with E-state index in [1.807, 2.05) is 170 Å². The standard InChI is InChI=1S/C55H54O7/c1-41-27-30-49(34-48(41)33-42-28-31-50(32-29-42)58-36-44-19-9-3-10-20-44)55(56)54(61-39-47-25-15-6-16-26-47)53(60-38-46-23-13-5-14-24-46)52(59-37-45-21-11-4-12-22-45)51(62-55)40-57-35-43-17-7-2-8-18-43/h2-32,34,51-54,56H,33,35-40H2,1H3. The van der Waals surface area contributed by atoms with Crippen molar-refractivity contribution in [1.29, 1.82) is 0 Å². The van der Waals surface area contributed by atoms with Crippen molar-refractivity contribution in [3.8, 4) is 5.75 Å². The first-order valence-electron chi connectivity index (χ1n) is 21.3. The highest BCUT2D eigenvalue weighted by atomic mass is 16.7. The molecule has 0 saturated carbocycles. The summed E-state index contributed by atoms with van der Waals surface area (Å²) < 4.78 is 40.1. The zero-order valence-electron chi connectivity index (χ0n) is 35.1. The summed E-state index contributed by atoms with van der Waals surface area (Å²) in [4.78, 5) is 0. The average molecular weight is 827 g/mol. The highest BCUT2D eigenvalue weighted by molar-refractivity contribution is 5.39. The Labute approximate surface area is 365 Å². The molecule has 0 bridgehead atoms. The summed E-state index contributed by atoms with van der Waals surface area (Å²) in [5.74, 6) is -1.17. The molecule has 316 valence electrons. The first kappa shape index (κ1) is 42.8. The van der Waals surface area contributed by atoms with Crippen LogP contribution >= 0.6 is 0 Å². The van der Waals surface area contributed by atoms with Crippen LogP contribution in [-0.2, 0) is 68.9 Å². The molecule has 7 heteroatoms. The predicted octanol–water partition coefficient (Wildman–Crippen LogP) is 10.7. The summed E-state index contributed by atoms with van der Waals surface area (Å²) in [6.07, 6.45) is -2.62. The summed E-state index contributed by atoms with van der Waals surface area (Å²) in [5.41, 5.74) is 8.87. The Bertz CT molecular complexity index is 2380. The van der Waals surface area contributed by atoms with E-state index >= 15 is 0 Å². The lowest BCUT2D eigenvalue weighted by Crippen LogP contribution is -2.65. The molecular formula is C55H54O7. The van der Waals surface area contributed by atoms with Gasteiger partial charge in [-0.05, 0) is 76.1 Å². The third-order valence-corrected chi connectivity index (χ3v) is 11.3. The molecule has 0 spiro atoms. The van der Waals surface area contributed by atoms with Gasteiger partial charge < -0.3 is 33.5 Å². The van der Waals surface area contributed by atoms with E-state index in [0.29, 0.717) is 31.8 Å².